The molecule has 1 aromatic carbocycles. The first-order valence-corrected chi connectivity index (χ1v) is 6.79. The van der Waals surface area contributed by atoms with Gasteiger partial charge in [-0.2, -0.15) is 0 Å². The molecule has 0 fully saturated rings. The minimum atomic E-state index is -0.598. The van der Waals surface area contributed by atoms with Gasteiger partial charge in [0.1, 0.15) is 11.9 Å². The van der Waals surface area contributed by atoms with Gasteiger partial charge in [0.25, 0.3) is 0 Å². The van der Waals surface area contributed by atoms with Gasteiger partial charge in [-0.1, -0.05) is 6.07 Å². The Morgan fingerprint density at radius 1 is 1.15 bits per heavy atom. The van der Waals surface area contributed by atoms with Gasteiger partial charge < -0.3 is 24.1 Å². The maximum absolute atomic E-state index is 10.3. The van der Waals surface area contributed by atoms with E-state index in [-0.39, 0.29) is 6.10 Å². The number of rotatable bonds is 8. The van der Waals surface area contributed by atoms with Crippen LogP contribution < -0.4 is 4.74 Å². The van der Waals surface area contributed by atoms with E-state index in [0.29, 0.717) is 26.4 Å². The normalized spacial score (nSPS) is 20.9. The molecule has 0 radical (unpaired) electrons. The van der Waals surface area contributed by atoms with Crippen molar-refractivity contribution < 1.29 is 24.1 Å². The van der Waals surface area contributed by atoms with Crippen LogP contribution >= 0.6 is 0 Å². The highest BCUT2D eigenvalue weighted by atomic mass is 16.5. The van der Waals surface area contributed by atoms with Crippen LogP contribution in [-0.4, -0.2) is 51.9 Å². The molecule has 2 rings (SSSR count). The van der Waals surface area contributed by atoms with Crippen LogP contribution in [0.25, 0.3) is 0 Å². The first kappa shape index (κ1) is 15.3. The van der Waals surface area contributed by atoms with Crippen molar-refractivity contribution in [2.24, 2.45) is 0 Å². The molecule has 20 heavy (non-hydrogen) atoms. The Morgan fingerprint density at radius 2 is 1.95 bits per heavy atom. The molecule has 5 heteroatoms. The Kier molecular flexibility index (Phi) is 5.79. The lowest BCUT2D eigenvalue weighted by molar-refractivity contribution is -0.0519. The van der Waals surface area contributed by atoms with Crippen LogP contribution in [0.2, 0.25) is 0 Å². The van der Waals surface area contributed by atoms with E-state index in [0.717, 1.165) is 23.3 Å². The minimum Gasteiger partial charge on any atom is -0.497 e. The van der Waals surface area contributed by atoms with Crippen molar-refractivity contribution in [3.63, 3.8) is 0 Å². The predicted octanol–water partition coefficient (Wildman–Crippen LogP) is 1.33. The zero-order chi connectivity index (χ0) is 14.4. The zero-order valence-electron chi connectivity index (χ0n) is 12.0. The zero-order valence-corrected chi connectivity index (χ0v) is 12.0. The van der Waals surface area contributed by atoms with Crippen LogP contribution in [0.3, 0.4) is 0 Å². The van der Waals surface area contributed by atoms with E-state index in [1.807, 2.05) is 18.2 Å². The van der Waals surface area contributed by atoms with Gasteiger partial charge in [-0.25, -0.2) is 0 Å². The quantitative estimate of drug-likeness (QED) is 0.729. The minimum absolute atomic E-state index is 0.205. The molecular formula is C15H22O5. The summed E-state index contributed by atoms with van der Waals surface area (Å²) in [7, 11) is 3.26. The molecule has 0 amide bonds. The number of ether oxygens (including phenoxy) is 4. The van der Waals surface area contributed by atoms with Crippen molar-refractivity contribution >= 4 is 0 Å². The molecule has 0 aromatic heterocycles. The number of benzene rings is 1. The van der Waals surface area contributed by atoms with E-state index in [2.05, 4.69) is 0 Å². The molecule has 1 aliphatic rings. The molecule has 0 aliphatic heterocycles. The number of hydrogen-bond donors (Lipinski definition) is 1. The fourth-order valence-electron chi connectivity index (χ4n) is 2.34. The topological polar surface area (TPSA) is 57.2 Å². The van der Waals surface area contributed by atoms with E-state index in [9.17, 15) is 5.11 Å². The van der Waals surface area contributed by atoms with Crippen molar-refractivity contribution in [2.45, 2.75) is 18.6 Å². The fourth-order valence-corrected chi connectivity index (χ4v) is 2.34. The number of hydrogen-bond acceptors (Lipinski definition) is 5. The second-order valence-corrected chi connectivity index (χ2v) is 4.73. The molecule has 112 valence electrons. The maximum atomic E-state index is 10.3. The summed E-state index contributed by atoms with van der Waals surface area (Å²) in [6.07, 6.45) is -0.0827. The molecule has 1 aromatic rings. The van der Waals surface area contributed by atoms with Crippen LogP contribution in [0, 0.1) is 0 Å². The SMILES string of the molecule is COCCOCCOC1Cc2ccc(OC)cc2C1O. The summed E-state index contributed by atoms with van der Waals surface area (Å²) in [4.78, 5) is 0. The van der Waals surface area contributed by atoms with Crippen molar-refractivity contribution in [2.75, 3.05) is 40.6 Å². The van der Waals surface area contributed by atoms with Crippen molar-refractivity contribution in [3.05, 3.63) is 29.3 Å². The molecule has 1 N–H and O–H groups in total. The van der Waals surface area contributed by atoms with Gasteiger partial charge in [-0.05, 0) is 23.3 Å². The number of methoxy groups -OCH3 is 2. The Bertz CT molecular complexity index is 421. The van der Waals surface area contributed by atoms with Gasteiger partial charge in [-0.15, -0.1) is 0 Å². The van der Waals surface area contributed by atoms with E-state index < -0.39 is 6.10 Å². The second-order valence-electron chi connectivity index (χ2n) is 4.73. The van der Waals surface area contributed by atoms with E-state index in [1.54, 1.807) is 14.2 Å². The van der Waals surface area contributed by atoms with Gasteiger partial charge in [-0.3, -0.25) is 0 Å². The molecule has 5 nitrogen and oxygen atoms in total. The largest absolute Gasteiger partial charge is 0.497 e. The lowest BCUT2D eigenvalue weighted by Gasteiger charge is -2.16. The van der Waals surface area contributed by atoms with Crippen LogP contribution in [0.4, 0.5) is 0 Å². The summed E-state index contributed by atoms with van der Waals surface area (Å²) in [5.74, 6) is 0.756. The first-order valence-electron chi connectivity index (χ1n) is 6.79. The van der Waals surface area contributed by atoms with Crippen LogP contribution in [0.5, 0.6) is 5.75 Å². The average Bonchev–Trinajstić information content (AvgIpc) is 2.79. The predicted molar refractivity (Wildman–Crippen MR) is 74.1 cm³/mol. The van der Waals surface area contributed by atoms with Crippen molar-refractivity contribution in [1.82, 2.24) is 0 Å². The standard InChI is InChI=1S/C15H22O5/c1-17-5-6-19-7-8-20-14-9-11-3-4-12(18-2)10-13(11)15(14)16/h3-4,10,14-16H,5-9H2,1-2H3. The highest BCUT2D eigenvalue weighted by Gasteiger charge is 2.31. The third-order valence-corrected chi connectivity index (χ3v) is 3.44. The Morgan fingerprint density at radius 3 is 2.70 bits per heavy atom. The van der Waals surface area contributed by atoms with Crippen LogP contribution in [-0.2, 0) is 20.6 Å². The van der Waals surface area contributed by atoms with Crippen LogP contribution in [0.15, 0.2) is 18.2 Å². The van der Waals surface area contributed by atoms with Gasteiger partial charge in [0.05, 0.1) is 39.6 Å². The number of aliphatic hydroxyl groups excluding tert-OH is 1. The summed E-state index contributed by atoms with van der Waals surface area (Å²) in [6, 6.07) is 5.76. The van der Waals surface area contributed by atoms with Crippen LogP contribution in [0.1, 0.15) is 17.2 Å². The van der Waals surface area contributed by atoms with Gasteiger partial charge >= 0.3 is 0 Å². The van der Waals surface area contributed by atoms with Crippen molar-refractivity contribution in [3.8, 4) is 5.75 Å². The molecule has 0 bridgehead atoms. The third-order valence-electron chi connectivity index (χ3n) is 3.44. The summed E-state index contributed by atoms with van der Waals surface area (Å²) < 4.78 is 21.1. The first-order chi connectivity index (χ1) is 9.76. The molecule has 1 aliphatic carbocycles. The monoisotopic (exact) mass is 282 g/mol. The summed E-state index contributed by atoms with van der Waals surface area (Å²) >= 11 is 0. The van der Waals surface area contributed by atoms with E-state index in [1.165, 1.54) is 0 Å². The summed E-state index contributed by atoms with van der Waals surface area (Å²) in [5, 5.41) is 10.3. The fraction of sp³-hybridized carbons (Fsp3) is 0.600. The lowest BCUT2D eigenvalue weighted by atomic mass is 10.1. The Hall–Kier alpha value is -1.14. The van der Waals surface area contributed by atoms with Gasteiger partial charge in [0.2, 0.25) is 0 Å². The summed E-state index contributed by atoms with van der Waals surface area (Å²) in [6.45, 7) is 2.12. The molecule has 0 spiro atoms. The Labute approximate surface area is 119 Å². The van der Waals surface area contributed by atoms with E-state index >= 15 is 0 Å². The summed E-state index contributed by atoms with van der Waals surface area (Å²) in [5.41, 5.74) is 2.01. The molecule has 0 saturated heterocycles. The molecule has 0 saturated carbocycles. The van der Waals surface area contributed by atoms with Gasteiger partial charge in [0, 0.05) is 13.5 Å². The highest BCUT2D eigenvalue weighted by molar-refractivity contribution is 5.41. The number of fused-ring (bicyclic) bond motifs is 1. The maximum Gasteiger partial charge on any atom is 0.119 e. The number of aliphatic hydroxyl groups is 1. The van der Waals surface area contributed by atoms with Gasteiger partial charge in [0.15, 0.2) is 0 Å². The molecule has 2 unspecified atom stereocenters. The Balaban J connectivity index is 1.78. The lowest BCUT2D eigenvalue weighted by Crippen LogP contribution is -2.21. The molecule has 2 atom stereocenters. The third kappa shape index (κ3) is 3.70. The average molecular weight is 282 g/mol. The highest BCUT2D eigenvalue weighted by Crippen LogP contribution is 2.35. The molecule has 0 heterocycles. The van der Waals surface area contributed by atoms with E-state index in [4.69, 9.17) is 18.9 Å². The smallest absolute Gasteiger partial charge is 0.119 e. The molecular weight excluding hydrogens is 260 g/mol. The van der Waals surface area contributed by atoms with Crippen molar-refractivity contribution in [1.29, 1.82) is 0 Å². The second kappa shape index (κ2) is 7.59.